The number of methoxy groups -OCH3 is 1. The molecular weight excluding hydrogens is 208 g/mol. The minimum atomic E-state index is 0.718. The Kier molecular flexibility index (Phi) is 3.08. The summed E-state index contributed by atoms with van der Waals surface area (Å²) >= 11 is 3.41. The highest BCUT2D eigenvalue weighted by Gasteiger charge is 2.02. The molecule has 0 atom stereocenters. The average Bonchev–Trinajstić information content (AvgIpc) is 2.26. The number of hydrogen-bond donors (Lipinski definition) is 0. The number of hydrogen-bond acceptors (Lipinski definition) is 2. The molecule has 0 aliphatic heterocycles. The van der Waals surface area contributed by atoms with Crippen LogP contribution in [0.15, 0.2) is 10.7 Å². The van der Waals surface area contributed by atoms with Crippen molar-refractivity contribution in [2.75, 3.05) is 13.7 Å². The Morgan fingerprint density at radius 1 is 1.73 bits per heavy atom. The van der Waals surface area contributed by atoms with Crippen LogP contribution in [0.5, 0.6) is 0 Å². The zero-order chi connectivity index (χ0) is 8.27. The van der Waals surface area contributed by atoms with Gasteiger partial charge in [-0.25, -0.2) is 0 Å². The molecule has 0 N–H and O–H groups in total. The lowest BCUT2D eigenvalue weighted by Gasteiger charge is -1.94. The van der Waals surface area contributed by atoms with Crippen LogP contribution in [0.4, 0.5) is 0 Å². The van der Waals surface area contributed by atoms with E-state index < -0.39 is 0 Å². The molecule has 0 saturated heterocycles. The average molecular weight is 219 g/mol. The monoisotopic (exact) mass is 218 g/mol. The molecule has 0 radical (unpaired) electrons. The first-order valence-corrected chi connectivity index (χ1v) is 4.20. The molecule has 1 rings (SSSR count). The first-order chi connectivity index (χ1) is 5.24. The van der Waals surface area contributed by atoms with Gasteiger partial charge in [0.05, 0.1) is 16.8 Å². The molecule has 4 heteroatoms. The van der Waals surface area contributed by atoms with E-state index in [4.69, 9.17) is 4.74 Å². The number of nitrogens with zero attached hydrogens (tertiary/aromatic N) is 2. The van der Waals surface area contributed by atoms with E-state index in [1.807, 2.05) is 13.2 Å². The summed E-state index contributed by atoms with van der Waals surface area (Å²) in [4.78, 5) is 0. The van der Waals surface area contributed by atoms with Gasteiger partial charge in [-0.05, 0) is 15.9 Å². The second kappa shape index (κ2) is 3.88. The van der Waals surface area contributed by atoms with Crippen LogP contribution in [-0.4, -0.2) is 23.5 Å². The molecule has 0 unspecified atom stereocenters. The Labute approximate surface area is 74.5 Å². The normalized spacial score (nSPS) is 10.5. The fraction of sp³-hybridized carbons (Fsp3) is 0.571. The molecule has 62 valence electrons. The zero-order valence-corrected chi connectivity index (χ0v) is 8.26. The van der Waals surface area contributed by atoms with Crippen molar-refractivity contribution < 1.29 is 4.74 Å². The minimum absolute atomic E-state index is 0.718. The summed E-state index contributed by atoms with van der Waals surface area (Å²) in [5, 5.41) is 4.24. The summed E-state index contributed by atoms with van der Waals surface area (Å²) in [6.07, 6.45) is 2.79. The van der Waals surface area contributed by atoms with Crippen molar-refractivity contribution in [2.24, 2.45) is 7.05 Å². The summed E-state index contributed by atoms with van der Waals surface area (Å²) in [6, 6.07) is 0. The van der Waals surface area contributed by atoms with Crippen molar-refractivity contribution >= 4 is 15.9 Å². The minimum Gasteiger partial charge on any atom is -0.384 e. The molecule has 0 aliphatic carbocycles. The molecule has 1 aromatic rings. The number of halogens is 1. The zero-order valence-electron chi connectivity index (χ0n) is 6.67. The predicted molar refractivity (Wildman–Crippen MR) is 46.5 cm³/mol. The van der Waals surface area contributed by atoms with Crippen molar-refractivity contribution in [2.45, 2.75) is 6.42 Å². The van der Waals surface area contributed by atoms with Crippen molar-refractivity contribution in [3.63, 3.8) is 0 Å². The van der Waals surface area contributed by atoms with Crippen LogP contribution in [0.2, 0.25) is 0 Å². The van der Waals surface area contributed by atoms with E-state index in [0.717, 1.165) is 23.2 Å². The largest absolute Gasteiger partial charge is 0.384 e. The fourth-order valence-corrected chi connectivity index (χ4v) is 1.45. The van der Waals surface area contributed by atoms with E-state index in [9.17, 15) is 0 Å². The van der Waals surface area contributed by atoms with E-state index in [0.29, 0.717) is 0 Å². The van der Waals surface area contributed by atoms with Crippen LogP contribution in [-0.2, 0) is 18.2 Å². The van der Waals surface area contributed by atoms with E-state index in [-0.39, 0.29) is 0 Å². The lowest BCUT2D eigenvalue weighted by Crippen LogP contribution is -1.97. The number of rotatable bonds is 3. The first kappa shape index (κ1) is 8.74. The summed E-state index contributed by atoms with van der Waals surface area (Å²) < 4.78 is 7.78. The Morgan fingerprint density at radius 3 is 2.91 bits per heavy atom. The lowest BCUT2D eigenvalue weighted by atomic mass is 10.3. The third-order valence-electron chi connectivity index (χ3n) is 1.40. The first-order valence-electron chi connectivity index (χ1n) is 3.41. The van der Waals surface area contributed by atoms with Gasteiger partial charge in [0.2, 0.25) is 0 Å². The van der Waals surface area contributed by atoms with Crippen LogP contribution in [0.3, 0.4) is 0 Å². The number of aryl methyl sites for hydroxylation is 1. The molecule has 0 amide bonds. The van der Waals surface area contributed by atoms with Gasteiger partial charge in [0.1, 0.15) is 0 Å². The molecule has 1 heterocycles. The van der Waals surface area contributed by atoms with Crippen molar-refractivity contribution in [1.29, 1.82) is 0 Å². The maximum Gasteiger partial charge on any atom is 0.0789 e. The molecule has 0 saturated carbocycles. The predicted octanol–water partition coefficient (Wildman–Crippen LogP) is 1.37. The molecule has 1 aromatic heterocycles. The van der Waals surface area contributed by atoms with Gasteiger partial charge in [-0.2, -0.15) is 5.10 Å². The molecule has 0 fully saturated rings. The van der Waals surface area contributed by atoms with Gasteiger partial charge >= 0.3 is 0 Å². The van der Waals surface area contributed by atoms with Crippen molar-refractivity contribution in [1.82, 2.24) is 9.78 Å². The Morgan fingerprint density at radius 2 is 2.45 bits per heavy atom. The van der Waals surface area contributed by atoms with Crippen molar-refractivity contribution in [3.05, 3.63) is 16.4 Å². The molecule has 0 aromatic carbocycles. The summed E-state index contributed by atoms with van der Waals surface area (Å²) in [7, 11) is 3.60. The van der Waals surface area contributed by atoms with Gasteiger partial charge in [-0.3, -0.25) is 4.68 Å². The standard InChI is InChI=1S/C7H11BrN2O/c1-10-5-6(8)7(9-10)3-4-11-2/h5H,3-4H2,1-2H3. The third-order valence-corrected chi connectivity index (χ3v) is 2.06. The van der Waals surface area contributed by atoms with Crippen LogP contribution < -0.4 is 0 Å². The van der Waals surface area contributed by atoms with E-state index in [2.05, 4.69) is 21.0 Å². The van der Waals surface area contributed by atoms with Gasteiger partial charge < -0.3 is 4.74 Å². The highest BCUT2D eigenvalue weighted by Crippen LogP contribution is 2.14. The van der Waals surface area contributed by atoms with Crippen LogP contribution in [0.25, 0.3) is 0 Å². The van der Waals surface area contributed by atoms with Crippen LogP contribution in [0, 0.1) is 0 Å². The van der Waals surface area contributed by atoms with E-state index in [1.165, 1.54) is 0 Å². The Balaban J connectivity index is 2.62. The molecule has 0 bridgehead atoms. The number of aromatic nitrogens is 2. The fourth-order valence-electron chi connectivity index (χ4n) is 0.874. The second-order valence-electron chi connectivity index (χ2n) is 2.34. The topological polar surface area (TPSA) is 27.1 Å². The summed E-state index contributed by atoms with van der Waals surface area (Å²) in [6.45, 7) is 0.718. The molecule has 0 aliphatic rings. The molecule has 11 heavy (non-hydrogen) atoms. The van der Waals surface area contributed by atoms with Gasteiger partial charge in [0.15, 0.2) is 0 Å². The highest BCUT2D eigenvalue weighted by molar-refractivity contribution is 9.10. The summed E-state index contributed by atoms with van der Waals surface area (Å²) in [5.74, 6) is 0. The smallest absolute Gasteiger partial charge is 0.0789 e. The van der Waals surface area contributed by atoms with Gasteiger partial charge in [-0.1, -0.05) is 0 Å². The highest BCUT2D eigenvalue weighted by atomic mass is 79.9. The van der Waals surface area contributed by atoms with E-state index >= 15 is 0 Å². The SMILES string of the molecule is COCCc1nn(C)cc1Br. The summed E-state index contributed by atoms with van der Waals surface area (Å²) in [5.41, 5.74) is 1.05. The Hall–Kier alpha value is -0.350. The van der Waals surface area contributed by atoms with Crippen molar-refractivity contribution in [3.8, 4) is 0 Å². The van der Waals surface area contributed by atoms with Gasteiger partial charge in [0.25, 0.3) is 0 Å². The van der Waals surface area contributed by atoms with E-state index in [1.54, 1.807) is 11.8 Å². The molecule has 0 spiro atoms. The quantitative estimate of drug-likeness (QED) is 0.767. The second-order valence-corrected chi connectivity index (χ2v) is 3.19. The molecular formula is C7H11BrN2O. The third kappa shape index (κ3) is 2.31. The van der Waals surface area contributed by atoms with Gasteiger partial charge in [0, 0.05) is 26.8 Å². The molecule has 3 nitrogen and oxygen atoms in total. The maximum absolute atomic E-state index is 4.94. The number of ether oxygens (including phenoxy) is 1. The van der Waals surface area contributed by atoms with Crippen LogP contribution in [0.1, 0.15) is 5.69 Å². The van der Waals surface area contributed by atoms with Crippen LogP contribution >= 0.6 is 15.9 Å². The Bertz CT molecular complexity index is 234. The lowest BCUT2D eigenvalue weighted by molar-refractivity contribution is 0.201. The maximum atomic E-state index is 4.94. The van der Waals surface area contributed by atoms with Gasteiger partial charge in [-0.15, -0.1) is 0 Å².